The van der Waals surface area contributed by atoms with Crippen molar-refractivity contribution < 1.29 is 0 Å². The highest BCUT2D eigenvalue weighted by Gasteiger charge is 2.26. The van der Waals surface area contributed by atoms with Crippen LogP contribution in [0.4, 0.5) is 5.69 Å². The molecule has 0 aliphatic heterocycles. The van der Waals surface area contributed by atoms with Gasteiger partial charge in [0.05, 0.1) is 17.9 Å². The van der Waals surface area contributed by atoms with Crippen LogP contribution in [0.15, 0.2) is 15.5 Å². The summed E-state index contributed by atoms with van der Waals surface area (Å²) in [6.45, 7) is 8.51. The molecule has 0 bridgehead atoms. The van der Waals surface area contributed by atoms with E-state index in [-0.39, 0.29) is 11.6 Å². The summed E-state index contributed by atoms with van der Waals surface area (Å²) < 4.78 is 2.09. The van der Waals surface area contributed by atoms with Gasteiger partial charge in [-0.1, -0.05) is 13.8 Å². The molecule has 0 amide bonds. The molecule has 1 aliphatic carbocycles. The molecule has 1 aromatic heterocycles. The summed E-state index contributed by atoms with van der Waals surface area (Å²) in [5, 5.41) is 7.76. The van der Waals surface area contributed by atoms with Gasteiger partial charge in [-0.05, 0) is 60.9 Å². The maximum atomic E-state index is 12.2. The molecule has 1 saturated carbocycles. The molecule has 0 aromatic carbocycles. The summed E-state index contributed by atoms with van der Waals surface area (Å²) >= 11 is 3.42. The van der Waals surface area contributed by atoms with Gasteiger partial charge in [0.2, 0.25) is 0 Å². The number of hydrogen-bond donors (Lipinski definition) is 1. The third kappa shape index (κ3) is 3.25. The number of nitrogens with one attached hydrogen (secondary N) is 1. The quantitative estimate of drug-likeness (QED) is 0.908. The SMILES string of the molecule is CC1CCC(Nc2cnn(C(C)C)c(=O)c2Br)C(C)C1. The van der Waals surface area contributed by atoms with E-state index < -0.39 is 0 Å². The largest absolute Gasteiger partial charge is 0.380 e. The number of hydrogen-bond acceptors (Lipinski definition) is 3. The minimum atomic E-state index is -0.0677. The summed E-state index contributed by atoms with van der Waals surface area (Å²) in [7, 11) is 0. The summed E-state index contributed by atoms with van der Waals surface area (Å²) in [6, 6.07) is 0.501. The Bertz CT molecular complexity index is 526. The molecule has 2 rings (SSSR count). The average Bonchev–Trinajstić information content (AvgIpc) is 2.37. The summed E-state index contributed by atoms with van der Waals surface area (Å²) in [4.78, 5) is 12.2. The Kier molecular flexibility index (Phi) is 4.89. The van der Waals surface area contributed by atoms with Crippen molar-refractivity contribution in [2.45, 2.75) is 59.0 Å². The third-order valence-corrected chi connectivity index (χ3v) is 4.97. The molecule has 0 spiro atoms. The van der Waals surface area contributed by atoms with E-state index in [4.69, 9.17) is 0 Å². The second-order valence-corrected chi connectivity index (χ2v) is 7.16. The van der Waals surface area contributed by atoms with E-state index in [9.17, 15) is 4.79 Å². The van der Waals surface area contributed by atoms with E-state index in [0.717, 1.165) is 18.0 Å². The van der Waals surface area contributed by atoms with Crippen LogP contribution in [0, 0.1) is 11.8 Å². The van der Waals surface area contributed by atoms with Crippen LogP contribution in [0.3, 0.4) is 0 Å². The predicted octanol–water partition coefficient (Wildman–Crippen LogP) is 3.82. The number of halogens is 1. The van der Waals surface area contributed by atoms with Crippen LogP contribution in [0.1, 0.15) is 53.0 Å². The van der Waals surface area contributed by atoms with Gasteiger partial charge in [0.15, 0.2) is 0 Å². The fourth-order valence-corrected chi connectivity index (χ4v) is 3.39. The highest BCUT2D eigenvalue weighted by Crippen LogP contribution is 2.31. The number of rotatable bonds is 3. The molecule has 20 heavy (non-hydrogen) atoms. The van der Waals surface area contributed by atoms with Crippen LogP contribution >= 0.6 is 15.9 Å². The first-order valence-corrected chi connectivity index (χ1v) is 8.23. The summed E-state index contributed by atoms with van der Waals surface area (Å²) in [5.74, 6) is 1.43. The molecule has 4 nitrogen and oxygen atoms in total. The van der Waals surface area contributed by atoms with Gasteiger partial charge in [0, 0.05) is 6.04 Å². The number of aromatic nitrogens is 2. The second-order valence-electron chi connectivity index (χ2n) is 6.36. The molecule has 112 valence electrons. The molecule has 0 radical (unpaired) electrons. The normalized spacial score (nSPS) is 26.8. The summed E-state index contributed by atoms with van der Waals surface area (Å²) in [6.07, 6.45) is 5.40. The van der Waals surface area contributed by atoms with Gasteiger partial charge < -0.3 is 5.32 Å². The van der Waals surface area contributed by atoms with Crippen molar-refractivity contribution in [3.8, 4) is 0 Å². The molecule has 1 aliphatic rings. The van der Waals surface area contributed by atoms with Gasteiger partial charge in [-0.2, -0.15) is 5.10 Å². The standard InChI is InChI=1S/C15H24BrN3O/c1-9(2)19-15(20)14(16)13(8-17-19)18-12-6-5-10(3)7-11(12)4/h8-12,18H,5-7H2,1-4H3. The van der Waals surface area contributed by atoms with Crippen molar-refractivity contribution in [2.75, 3.05) is 5.32 Å². The molecular formula is C15H24BrN3O. The Morgan fingerprint density at radius 2 is 2.10 bits per heavy atom. The fourth-order valence-electron chi connectivity index (χ4n) is 2.99. The highest BCUT2D eigenvalue weighted by molar-refractivity contribution is 9.10. The Morgan fingerprint density at radius 1 is 1.40 bits per heavy atom. The molecule has 1 aromatic rings. The Hall–Kier alpha value is -0.840. The van der Waals surface area contributed by atoms with E-state index in [1.807, 2.05) is 13.8 Å². The molecular weight excluding hydrogens is 318 g/mol. The smallest absolute Gasteiger partial charge is 0.283 e. The molecule has 1 fully saturated rings. The van der Waals surface area contributed by atoms with Crippen molar-refractivity contribution in [2.24, 2.45) is 11.8 Å². The Morgan fingerprint density at radius 3 is 2.70 bits per heavy atom. The molecule has 0 saturated heterocycles. The Labute approximate surface area is 129 Å². The maximum absolute atomic E-state index is 12.2. The third-order valence-electron chi connectivity index (χ3n) is 4.21. The lowest BCUT2D eigenvalue weighted by molar-refractivity contribution is 0.276. The second kappa shape index (κ2) is 6.29. The van der Waals surface area contributed by atoms with Crippen LogP contribution < -0.4 is 10.9 Å². The van der Waals surface area contributed by atoms with Crippen molar-refractivity contribution in [3.05, 3.63) is 21.0 Å². The van der Waals surface area contributed by atoms with E-state index >= 15 is 0 Å². The van der Waals surface area contributed by atoms with E-state index in [1.165, 1.54) is 17.5 Å². The lowest BCUT2D eigenvalue weighted by Crippen LogP contribution is -2.34. The monoisotopic (exact) mass is 341 g/mol. The zero-order chi connectivity index (χ0) is 14.9. The van der Waals surface area contributed by atoms with Crippen molar-refractivity contribution in [1.82, 2.24) is 9.78 Å². The number of nitrogens with zero attached hydrogens (tertiary/aromatic N) is 2. The van der Waals surface area contributed by atoms with Gasteiger partial charge in [-0.15, -0.1) is 0 Å². The van der Waals surface area contributed by atoms with Crippen molar-refractivity contribution >= 4 is 21.6 Å². The zero-order valence-corrected chi connectivity index (χ0v) is 14.3. The minimum absolute atomic E-state index is 0.0677. The van der Waals surface area contributed by atoms with Crippen LogP contribution in [0.25, 0.3) is 0 Å². The van der Waals surface area contributed by atoms with Gasteiger partial charge in [0.25, 0.3) is 5.56 Å². The predicted molar refractivity (Wildman–Crippen MR) is 86.2 cm³/mol. The zero-order valence-electron chi connectivity index (χ0n) is 12.7. The van der Waals surface area contributed by atoms with Crippen molar-refractivity contribution in [3.63, 3.8) is 0 Å². The lowest BCUT2D eigenvalue weighted by atomic mass is 9.80. The maximum Gasteiger partial charge on any atom is 0.283 e. The molecule has 3 unspecified atom stereocenters. The number of anilines is 1. The van der Waals surface area contributed by atoms with E-state index in [0.29, 0.717) is 16.4 Å². The van der Waals surface area contributed by atoms with Gasteiger partial charge in [-0.25, -0.2) is 4.68 Å². The molecule has 1 N–H and O–H groups in total. The molecule has 5 heteroatoms. The van der Waals surface area contributed by atoms with Gasteiger partial charge >= 0.3 is 0 Å². The fraction of sp³-hybridized carbons (Fsp3) is 0.733. The average molecular weight is 342 g/mol. The van der Waals surface area contributed by atoms with Gasteiger partial charge in [0.1, 0.15) is 4.47 Å². The topological polar surface area (TPSA) is 46.9 Å². The van der Waals surface area contributed by atoms with E-state index in [1.54, 1.807) is 6.20 Å². The highest BCUT2D eigenvalue weighted by atomic mass is 79.9. The first kappa shape index (κ1) is 15.5. The first-order chi connectivity index (χ1) is 9.40. The first-order valence-electron chi connectivity index (χ1n) is 7.44. The van der Waals surface area contributed by atoms with Crippen LogP contribution in [0.2, 0.25) is 0 Å². The Balaban J connectivity index is 2.18. The molecule has 1 heterocycles. The van der Waals surface area contributed by atoms with Crippen LogP contribution in [-0.2, 0) is 0 Å². The summed E-state index contributed by atoms with van der Waals surface area (Å²) in [5.41, 5.74) is 0.750. The lowest BCUT2D eigenvalue weighted by Gasteiger charge is -2.34. The van der Waals surface area contributed by atoms with Gasteiger partial charge in [-0.3, -0.25) is 4.79 Å². The molecule has 3 atom stereocenters. The van der Waals surface area contributed by atoms with Crippen LogP contribution in [-0.4, -0.2) is 15.8 Å². The van der Waals surface area contributed by atoms with E-state index in [2.05, 4.69) is 40.2 Å². The van der Waals surface area contributed by atoms with Crippen molar-refractivity contribution in [1.29, 1.82) is 0 Å². The van der Waals surface area contributed by atoms with Crippen LogP contribution in [0.5, 0.6) is 0 Å². The minimum Gasteiger partial charge on any atom is -0.380 e.